The zero-order chi connectivity index (χ0) is 27.6. The van der Waals surface area contributed by atoms with Gasteiger partial charge in [0.25, 0.3) is 5.91 Å². The third-order valence-electron chi connectivity index (χ3n) is 7.35. The van der Waals surface area contributed by atoms with Crippen LogP contribution in [0.5, 0.6) is 0 Å². The van der Waals surface area contributed by atoms with Gasteiger partial charge < -0.3 is 15.7 Å². The predicted octanol–water partition coefficient (Wildman–Crippen LogP) is 6.63. The topological polar surface area (TPSA) is 95.5 Å². The molecule has 1 unspecified atom stereocenters. The predicted molar refractivity (Wildman–Crippen MR) is 157 cm³/mol. The summed E-state index contributed by atoms with van der Waals surface area (Å²) in [7, 11) is 0. The molecule has 4 rings (SSSR count). The molecular weight excluding hydrogens is 508 g/mol. The SMILES string of the molecule is CSc1cccc(NC(=O)C(Cc2ccc(C(=O)NCCC(=O)O)cc2)c2ccc(C3CCCCC3)cc2)c1. The lowest BCUT2D eigenvalue weighted by atomic mass is 9.83. The van der Waals surface area contributed by atoms with E-state index >= 15 is 0 Å². The number of rotatable bonds is 11. The summed E-state index contributed by atoms with van der Waals surface area (Å²) in [6.45, 7) is 0.0761. The Morgan fingerprint density at radius 2 is 1.67 bits per heavy atom. The molecule has 0 heterocycles. The number of aliphatic carboxylic acids is 1. The van der Waals surface area contributed by atoms with Crippen LogP contribution in [0, 0.1) is 0 Å². The third kappa shape index (κ3) is 8.20. The molecule has 3 aromatic carbocycles. The Bertz CT molecular complexity index is 1270. The van der Waals surface area contributed by atoms with E-state index in [2.05, 4.69) is 34.9 Å². The van der Waals surface area contributed by atoms with Gasteiger partial charge in [0.15, 0.2) is 0 Å². The van der Waals surface area contributed by atoms with Crippen LogP contribution in [0.15, 0.2) is 77.7 Å². The first kappa shape index (κ1) is 28.4. The normalized spacial score (nSPS) is 14.4. The molecule has 0 saturated heterocycles. The summed E-state index contributed by atoms with van der Waals surface area (Å²) in [5, 5.41) is 14.5. The highest BCUT2D eigenvalue weighted by Crippen LogP contribution is 2.34. The van der Waals surface area contributed by atoms with Crippen LogP contribution >= 0.6 is 11.8 Å². The van der Waals surface area contributed by atoms with Crippen molar-refractivity contribution < 1.29 is 19.5 Å². The number of carboxylic acids is 1. The van der Waals surface area contributed by atoms with E-state index in [1.54, 1.807) is 23.9 Å². The van der Waals surface area contributed by atoms with E-state index < -0.39 is 11.9 Å². The maximum atomic E-state index is 13.6. The summed E-state index contributed by atoms with van der Waals surface area (Å²) < 4.78 is 0. The molecule has 204 valence electrons. The number of carboxylic acid groups (broad SMARTS) is 1. The molecule has 1 aliphatic rings. The first-order chi connectivity index (χ1) is 18.9. The highest BCUT2D eigenvalue weighted by Gasteiger charge is 2.23. The molecule has 39 heavy (non-hydrogen) atoms. The molecule has 1 aliphatic carbocycles. The molecule has 6 nitrogen and oxygen atoms in total. The monoisotopic (exact) mass is 544 g/mol. The van der Waals surface area contributed by atoms with E-state index in [1.807, 2.05) is 42.7 Å². The molecule has 1 fully saturated rings. The summed E-state index contributed by atoms with van der Waals surface area (Å²) in [4.78, 5) is 37.7. The fraction of sp³-hybridized carbons (Fsp3) is 0.344. The smallest absolute Gasteiger partial charge is 0.305 e. The first-order valence-electron chi connectivity index (χ1n) is 13.6. The van der Waals surface area contributed by atoms with Gasteiger partial charge in [-0.15, -0.1) is 11.8 Å². The Hall–Kier alpha value is -3.58. The zero-order valence-corrected chi connectivity index (χ0v) is 23.1. The molecule has 3 N–H and O–H groups in total. The van der Waals surface area contributed by atoms with Crippen LogP contribution in [0.1, 0.15) is 77.4 Å². The van der Waals surface area contributed by atoms with Crippen molar-refractivity contribution in [1.82, 2.24) is 5.32 Å². The van der Waals surface area contributed by atoms with Gasteiger partial charge in [0.2, 0.25) is 5.91 Å². The second-order valence-electron chi connectivity index (χ2n) is 10.1. The second kappa shape index (κ2) is 14.0. The minimum atomic E-state index is -0.957. The standard InChI is InChI=1S/C32H36N2O4S/c1-39-28-9-5-8-27(21-28)34-32(38)29(25-16-14-24(15-17-25)23-6-3-2-4-7-23)20-22-10-12-26(13-11-22)31(37)33-19-18-30(35)36/h5,8-17,21,23,29H,2-4,6-7,18-20H2,1H3,(H,33,37)(H,34,38)(H,35,36). The summed E-state index contributed by atoms with van der Waals surface area (Å²) in [5.74, 6) is -1.15. The Labute approximate surface area is 234 Å². The number of carbonyl (C=O) groups excluding carboxylic acids is 2. The van der Waals surface area contributed by atoms with Crippen molar-refractivity contribution in [3.63, 3.8) is 0 Å². The fourth-order valence-electron chi connectivity index (χ4n) is 5.14. The van der Waals surface area contributed by atoms with Gasteiger partial charge in [0.1, 0.15) is 0 Å². The van der Waals surface area contributed by atoms with Gasteiger partial charge in [-0.3, -0.25) is 14.4 Å². The number of nitrogens with one attached hydrogen (secondary N) is 2. The van der Waals surface area contributed by atoms with Crippen LogP contribution < -0.4 is 10.6 Å². The van der Waals surface area contributed by atoms with Gasteiger partial charge in [-0.2, -0.15) is 0 Å². The maximum Gasteiger partial charge on any atom is 0.305 e. The van der Waals surface area contributed by atoms with Gasteiger partial charge in [0.05, 0.1) is 12.3 Å². The molecule has 0 bridgehead atoms. The van der Waals surface area contributed by atoms with Gasteiger partial charge >= 0.3 is 5.97 Å². The van der Waals surface area contributed by atoms with Crippen LogP contribution in [0.2, 0.25) is 0 Å². The van der Waals surface area contributed by atoms with E-state index in [9.17, 15) is 14.4 Å². The molecule has 0 aliphatic heterocycles. The van der Waals surface area contributed by atoms with Gasteiger partial charge in [-0.1, -0.05) is 61.7 Å². The number of amides is 2. The quantitative estimate of drug-likeness (QED) is 0.236. The van der Waals surface area contributed by atoms with Crippen molar-refractivity contribution in [3.8, 4) is 0 Å². The van der Waals surface area contributed by atoms with E-state index in [4.69, 9.17) is 5.11 Å². The molecule has 1 atom stereocenters. The Balaban J connectivity index is 1.52. The number of anilines is 1. The molecule has 0 spiro atoms. The second-order valence-corrected chi connectivity index (χ2v) is 11.0. The highest BCUT2D eigenvalue weighted by molar-refractivity contribution is 7.98. The number of hydrogen-bond donors (Lipinski definition) is 3. The number of carbonyl (C=O) groups is 3. The molecule has 1 saturated carbocycles. The zero-order valence-electron chi connectivity index (χ0n) is 22.3. The summed E-state index contributed by atoms with van der Waals surface area (Å²) in [6, 6.07) is 23.5. The average Bonchev–Trinajstić information content (AvgIpc) is 2.96. The van der Waals surface area contributed by atoms with Gasteiger partial charge in [0, 0.05) is 22.7 Å². The summed E-state index contributed by atoms with van der Waals surface area (Å²) >= 11 is 1.63. The van der Waals surface area contributed by atoms with Crippen LogP contribution in [0.3, 0.4) is 0 Å². The van der Waals surface area contributed by atoms with Crippen molar-refractivity contribution in [3.05, 3.63) is 95.1 Å². The lowest BCUT2D eigenvalue weighted by molar-refractivity contribution is -0.136. The van der Waals surface area contributed by atoms with Gasteiger partial charge in [-0.25, -0.2) is 0 Å². The summed E-state index contributed by atoms with van der Waals surface area (Å²) in [6.07, 6.45) is 8.69. The number of hydrogen-bond acceptors (Lipinski definition) is 4. The minimum Gasteiger partial charge on any atom is -0.481 e. The van der Waals surface area contributed by atoms with E-state index in [0.29, 0.717) is 17.9 Å². The third-order valence-corrected chi connectivity index (χ3v) is 8.07. The number of thioether (sulfide) groups is 1. The Morgan fingerprint density at radius 1 is 0.949 bits per heavy atom. The highest BCUT2D eigenvalue weighted by atomic mass is 32.2. The van der Waals surface area contributed by atoms with Crippen molar-refractivity contribution in [2.75, 3.05) is 18.1 Å². The Morgan fingerprint density at radius 3 is 2.33 bits per heavy atom. The van der Waals surface area contributed by atoms with E-state index in [0.717, 1.165) is 21.7 Å². The molecule has 0 aromatic heterocycles. The minimum absolute atomic E-state index is 0.0749. The fourth-order valence-corrected chi connectivity index (χ4v) is 5.60. The molecule has 2 amide bonds. The van der Waals surface area contributed by atoms with Crippen molar-refractivity contribution in [1.29, 1.82) is 0 Å². The lowest BCUT2D eigenvalue weighted by Gasteiger charge is -2.23. The largest absolute Gasteiger partial charge is 0.481 e. The lowest BCUT2D eigenvalue weighted by Crippen LogP contribution is -2.26. The van der Waals surface area contributed by atoms with Crippen LogP contribution in [0.4, 0.5) is 5.69 Å². The van der Waals surface area contributed by atoms with Crippen LogP contribution in [-0.2, 0) is 16.0 Å². The van der Waals surface area contributed by atoms with Crippen molar-refractivity contribution >= 4 is 35.2 Å². The maximum absolute atomic E-state index is 13.6. The van der Waals surface area contributed by atoms with Crippen LogP contribution in [-0.4, -0.2) is 35.7 Å². The molecule has 3 aromatic rings. The van der Waals surface area contributed by atoms with Crippen LogP contribution in [0.25, 0.3) is 0 Å². The molecule has 0 radical (unpaired) electrons. The number of benzene rings is 3. The molecular formula is C32H36N2O4S. The van der Waals surface area contributed by atoms with E-state index in [1.165, 1.54) is 37.7 Å². The van der Waals surface area contributed by atoms with E-state index in [-0.39, 0.29) is 24.8 Å². The first-order valence-corrected chi connectivity index (χ1v) is 14.8. The summed E-state index contributed by atoms with van der Waals surface area (Å²) in [5.41, 5.74) is 4.47. The van der Waals surface area contributed by atoms with Gasteiger partial charge in [-0.05, 0) is 78.5 Å². The Kier molecular flexibility index (Phi) is 10.2. The average molecular weight is 545 g/mol. The van der Waals surface area contributed by atoms with Crippen molar-refractivity contribution in [2.24, 2.45) is 0 Å². The van der Waals surface area contributed by atoms with Crippen molar-refractivity contribution in [2.45, 2.75) is 61.7 Å². The molecule has 7 heteroatoms.